The molecule has 3 nitrogen and oxygen atoms in total. The van der Waals surface area contributed by atoms with E-state index in [0.717, 1.165) is 0 Å². The van der Waals surface area contributed by atoms with Gasteiger partial charge in [0, 0.05) is 0 Å². The number of halogens is 1. The van der Waals surface area contributed by atoms with Crippen LogP contribution in [0.2, 0.25) is 0 Å². The fraction of sp³-hybridized carbons (Fsp3) is 0.571. The zero-order chi connectivity index (χ0) is 8.85. The minimum Gasteiger partial charge on any atom is -0.499 e. The average Bonchev–Trinajstić information content (AvgIpc) is 1.99. The molecule has 0 spiro atoms. The summed E-state index contributed by atoms with van der Waals surface area (Å²) in [5.74, 6) is -0.0622. The summed E-state index contributed by atoms with van der Waals surface area (Å²) in [6.07, 6.45) is 1.22. The van der Waals surface area contributed by atoms with E-state index in [4.69, 9.17) is 16.3 Å². The topological polar surface area (TPSA) is 35.5 Å². The van der Waals surface area contributed by atoms with Gasteiger partial charge in [-0.3, -0.25) is 0 Å². The van der Waals surface area contributed by atoms with Crippen LogP contribution in [0.1, 0.15) is 6.92 Å². The number of rotatable bonds is 3. The van der Waals surface area contributed by atoms with Gasteiger partial charge in [-0.05, 0) is 6.92 Å². The Balaban J connectivity index is 4.23. The third kappa shape index (κ3) is 3.88. The summed E-state index contributed by atoms with van der Waals surface area (Å²) < 4.78 is 9.19. The summed E-state index contributed by atoms with van der Waals surface area (Å²) in [6, 6.07) is 0. The van der Waals surface area contributed by atoms with Crippen LogP contribution in [0.5, 0.6) is 0 Å². The highest BCUT2D eigenvalue weighted by molar-refractivity contribution is 6.22. The molecule has 64 valence electrons. The van der Waals surface area contributed by atoms with E-state index in [0.29, 0.717) is 5.76 Å². The van der Waals surface area contributed by atoms with Gasteiger partial charge in [-0.15, -0.1) is 11.6 Å². The second-order valence-electron chi connectivity index (χ2n) is 1.89. The van der Waals surface area contributed by atoms with Crippen LogP contribution >= 0.6 is 11.6 Å². The quantitative estimate of drug-likeness (QED) is 0.283. The van der Waals surface area contributed by atoms with Crippen LogP contribution in [0, 0.1) is 0 Å². The summed E-state index contributed by atoms with van der Waals surface area (Å²) in [7, 11) is 2.75. The van der Waals surface area contributed by atoms with Crippen LogP contribution in [0.3, 0.4) is 0 Å². The van der Waals surface area contributed by atoms with E-state index in [-0.39, 0.29) is 5.38 Å². The van der Waals surface area contributed by atoms with Crippen molar-refractivity contribution < 1.29 is 14.3 Å². The fourth-order valence-electron chi connectivity index (χ4n) is 0.511. The zero-order valence-corrected chi connectivity index (χ0v) is 7.51. The third-order valence-electron chi connectivity index (χ3n) is 1.09. The fourth-order valence-corrected chi connectivity index (χ4v) is 0.663. The van der Waals surface area contributed by atoms with E-state index >= 15 is 0 Å². The first kappa shape index (κ1) is 10.3. The van der Waals surface area contributed by atoms with Crippen molar-refractivity contribution in [2.24, 2.45) is 0 Å². The first-order valence-corrected chi connectivity index (χ1v) is 3.53. The van der Waals surface area contributed by atoms with Crippen LogP contribution in [0.25, 0.3) is 0 Å². The third-order valence-corrected chi connectivity index (χ3v) is 1.30. The first-order valence-electron chi connectivity index (χ1n) is 3.09. The number of carbonyl (C=O) groups is 1. The molecule has 0 aromatic rings. The number of esters is 1. The second kappa shape index (κ2) is 5.02. The van der Waals surface area contributed by atoms with Crippen LogP contribution in [-0.4, -0.2) is 25.6 Å². The van der Waals surface area contributed by atoms with Crippen LogP contribution in [-0.2, 0) is 14.3 Å². The number of carbonyl (C=O) groups excluding carboxylic acids is 1. The maximum atomic E-state index is 10.6. The molecule has 0 aliphatic carbocycles. The molecule has 1 unspecified atom stereocenters. The number of methoxy groups -OCH3 is 2. The van der Waals surface area contributed by atoms with Gasteiger partial charge in [-0.25, -0.2) is 4.79 Å². The highest BCUT2D eigenvalue weighted by Gasteiger charge is 2.07. The second-order valence-corrected chi connectivity index (χ2v) is 2.54. The molecule has 0 rings (SSSR count). The Hall–Kier alpha value is -0.700. The Morgan fingerprint density at radius 1 is 1.45 bits per heavy atom. The lowest BCUT2D eigenvalue weighted by Crippen LogP contribution is -2.04. The van der Waals surface area contributed by atoms with E-state index in [2.05, 4.69) is 4.74 Å². The van der Waals surface area contributed by atoms with Gasteiger partial charge in [0.15, 0.2) is 0 Å². The summed E-state index contributed by atoms with van der Waals surface area (Å²) in [4.78, 5) is 10.6. The smallest absolute Gasteiger partial charge is 0.333 e. The van der Waals surface area contributed by atoms with Crippen molar-refractivity contribution >= 4 is 17.6 Å². The molecule has 0 N–H and O–H groups in total. The van der Waals surface area contributed by atoms with E-state index < -0.39 is 5.97 Å². The molecule has 0 bridgehead atoms. The predicted octanol–water partition coefficient (Wildman–Crippen LogP) is 1.32. The average molecular weight is 179 g/mol. The lowest BCUT2D eigenvalue weighted by atomic mass is 10.3. The molecule has 0 saturated carbocycles. The Bertz CT molecular complexity index is 163. The maximum Gasteiger partial charge on any atom is 0.333 e. The summed E-state index contributed by atoms with van der Waals surface area (Å²) in [6.45, 7) is 1.71. The largest absolute Gasteiger partial charge is 0.499 e. The van der Waals surface area contributed by atoms with E-state index in [1.807, 2.05) is 0 Å². The lowest BCUT2D eigenvalue weighted by Gasteiger charge is -2.06. The molecule has 0 aromatic carbocycles. The van der Waals surface area contributed by atoms with Crippen molar-refractivity contribution in [3.05, 3.63) is 11.8 Å². The minimum atomic E-state index is -0.464. The lowest BCUT2D eigenvalue weighted by molar-refractivity contribution is -0.135. The molecule has 0 radical (unpaired) electrons. The summed E-state index contributed by atoms with van der Waals surface area (Å²) in [5, 5.41) is -0.320. The van der Waals surface area contributed by atoms with Gasteiger partial charge in [-0.2, -0.15) is 0 Å². The molecule has 11 heavy (non-hydrogen) atoms. The maximum absolute atomic E-state index is 10.6. The SMILES string of the molecule is COC(=O)/C=C(/OC)C(C)Cl. The number of hydrogen-bond acceptors (Lipinski definition) is 3. The van der Waals surface area contributed by atoms with Gasteiger partial charge in [-0.1, -0.05) is 0 Å². The van der Waals surface area contributed by atoms with Crippen molar-refractivity contribution in [2.45, 2.75) is 12.3 Å². The Kier molecular flexibility index (Phi) is 4.70. The first-order chi connectivity index (χ1) is 5.11. The summed E-state index contributed by atoms with van der Waals surface area (Å²) >= 11 is 5.64. The standard InChI is InChI=1S/C7H11ClO3/c1-5(8)6(10-2)4-7(9)11-3/h4-5H,1-3H3/b6-4+. The van der Waals surface area contributed by atoms with Crippen molar-refractivity contribution in [3.8, 4) is 0 Å². The van der Waals surface area contributed by atoms with Crippen molar-refractivity contribution in [1.82, 2.24) is 0 Å². The molecule has 0 saturated heterocycles. The molecular weight excluding hydrogens is 168 g/mol. The van der Waals surface area contributed by atoms with Crippen LogP contribution in [0.15, 0.2) is 11.8 Å². The molecule has 4 heteroatoms. The molecule has 0 aliphatic rings. The number of hydrogen-bond donors (Lipinski definition) is 0. The normalized spacial score (nSPS) is 14.0. The predicted molar refractivity (Wildman–Crippen MR) is 42.4 cm³/mol. The highest BCUT2D eigenvalue weighted by atomic mass is 35.5. The zero-order valence-electron chi connectivity index (χ0n) is 6.76. The molecule has 0 amide bonds. The van der Waals surface area contributed by atoms with Gasteiger partial charge in [0.05, 0.1) is 25.7 Å². The van der Waals surface area contributed by atoms with Gasteiger partial charge < -0.3 is 9.47 Å². The van der Waals surface area contributed by atoms with Crippen molar-refractivity contribution in [3.63, 3.8) is 0 Å². The van der Waals surface area contributed by atoms with Crippen LogP contribution < -0.4 is 0 Å². The molecule has 1 atom stereocenters. The molecule has 0 aromatic heterocycles. The Labute approximate surface area is 70.9 Å². The molecule has 0 fully saturated rings. The van der Waals surface area contributed by atoms with Crippen LogP contribution in [0.4, 0.5) is 0 Å². The number of ether oxygens (including phenoxy) is 2. The van der Waals surface area contributed by atoms with Gasteiger partial charge in [0.25, 0.3) is 0 Å². The minimum absolute atomic E-state index is 0.320. The molecule has 0 heterocycles. The monoisotopic (exact) mass is 178 g/mol. The Morgan fingerprint density at radius 3 is 2.27 bits per heavy atom. The Morgan fingerprint density at radius 2 is 2.00 bits per heavy atom. The van der Waals surface area contributed by atoms with Crippen molar-refractivity contribution in [1.29, 1.82) is 0 Å². The highest BCUT2D eigenvalue weighted by Crippen LogP contribution is 2.09. The van der Waals surface area contributed by atoms with Crippen molar-refractivity contribution in [2.75, 3.05) is 14.2 Å². The molecule has 0 aliphatic heterocycles. The molecular formula is C7H11ClO3. The van der Waals surface area contributed by atoms with Gasteiger partial charge in [0.2, 0.25) is 0 Å². The van der Waals surface area contributed by atoms with Gasteiger partial charge in [0.1, 0.15) is 5.76 Å². The van der Waals surface area contributed by atoms with Gasteiger partial charge >= 0.3 is 5.97 Å². The number of allylic oxidation sites excluding steroid dienone is 1. The van der Waals surface area contributed by atoms with E-state index in [1.165, 1.54) is 20.3 Å². The van der Waals surface area contributed by atoms with E-state index in [9.17, 15) is 4.79 Å². The number of alkyl halides is 1. The summed E-state index contributed by atoms with van der Waals surface area (Å²) in [5.41, 5.74) is 0. The van der Waals surface area contributed by atoms with E-state index in [1.54, 1.807) is 6.92 Å².